The largest absolute Gasteiger partial charge is 0.618 e. The summed E-state index contributed by atoms with van der Waals surface area (Å²) < 4.78 is 0.734. The van der Waals surface area contributed by atoms with Gasteiger partial charge in [0.1, 0.15) is 5.39 Å². The summed E-state index contributed by atoms with van der Waals surface area (Å²) in [7, 11) is 0. The number of pyridine rings is 1. The molecule has 0 saturated carbocycles. The molecule has 3 aromatic rings. The number of para-hydroxylation sites is 1. The lowest BCUT2D eigenvalue weighted by molar-refractivity contribution is -0.565. The zero-order valence-corrected chi connectivity index (χ0v) is 10.4. The minimum absolute atomic E-state index is 0.0634. The van der Waals surface area contributed by atoms with E-state index in [2.05, 4.69) is 0 Å². The molecular weight excluding hydrogens is 256 g/mol. The Morgan fingerprint density at radius 1 is 0.950 bits per heavy atom. The van der Waals surface area contributed by atoms with Crippen molar-refractivity contribution in [3.8, 4) is 11.3 Å². The SMILES string of the molecule is O=[N+]([O-])c1cc(-c2ccccc2)[n+]([O-])c2ccccc12. The minimum Gasteiger partial charge on any atom is -0.618 e. The van der Waals surface area contributed by atoms with Gasteiger partial charge in [-0.15, -0.1) is 0 Å². The van der Waals surface area contributed by atoms with Gasteiger partial charge in [0, 0.05) is 11.6 Å². The molecule has 0 fully saturated rings. The van der Waals surface area contributed by atoms with Crippen LogP contribution in [-0.4, -0.2) is 4.92 Å². The van der Waals surface area contributed by atoms with Crippen LogP contribution in [0.2, 0.25) is 0 Å². The van der Waals surface area contributed by atoms with Gasteiger partial charge < -0.3 is 5.21 Å². The molecule has 0 amide bonds. The van der Waals surface area contributed by atoms with E-state index in [4.69, 9.17) is 0 Å². The highest BCUT2D eigenvalue weighted by molar-refractivity contribution is 5.87. The van der Waals surface area contributed by atoms with Crippen LogP contribution in [0.25, 0.3) is 22.2 Å². The molecule has 5 heteroatoms. The molecule has 0 unspecified atom stereocenters. The Bertz CT molecular complexity index is 801. The summed E-state index contributed by atoms with van der Waals surface area (Å²) in [6.45, 7) is 0. The van der Waals surface area contributed by atoms with Gasteiger partial charge in [-0.05, 0) is 18.2 Å². The summed E-state index contributed by atoms with van der Waals surface area (Å²) in [5, 5.41) is 23.9. The Balaban J connectivity index is 2.40. The van der Waals surface area contributed by atoms with Gasteiger partial charge in [-0.1, -0.05) is 30.3 Å². The Labute approximate surface area is 114 Å². The summed E-state index contributed by atoms with van der Waals surface area (Å²) in [5.74, 6) is 0. The second-order valence-corrected chi connectivity index (χ2v) is 4.35. The second-order valence-electron chi connectivity index (χ2n) is 4.35. The van der Waals surface area contributed by atoms with Crippen molar-refractivity contribution in [3.63, 3.8) is 0 Å². The van der Waals surface area contributed by atoms with Crippen LogP contribution in [0, 0.1) is 15.3 Å². The van der Waals surface area contributed by atoms with Crippen LogP contribution in [-0.2, 0) is 0 Å². The molecule has 0 aliphatic carbocycles. The number of rotatable bonds is 2. The van der Waals surface area contributed by atoms with Crippen LogP contribution in [0.4, 0.5) is 5.69 Å². The minimum atomic E-state index is -0.464. The Kier molecular flexibility index (Phi) is 2.80. The van der Waals surface area contributed by atoms with E-state index in [1.54, 1.807) is 48.5 Å². The lowest BCUT2D eigenvalue weighted by Crippen LogP contribution is -2.30. The highest BCUT2D eigenvalue weighted by Gasteiger charge is 2.22. The van der Waals surface area contributed by atoms with Gasteiger partial charge in [0.05, 0.1) is 11.0 Å². The zero-order valence-electron chi connectivity index (χ0n) is 10.4. The van der Waals surface area contributed by atoms with Gasteiger partial charge in [0.25, 0.3) is 5.69 Å². The molecule has 0 bridgehead atoms. The molecule has 0 N–H and O–H groups in total. The standard InChI is InChI=1S/C15H10N2O3/c18-16-13-9-5-4-8-12(13)15(17(19)20)10-14(16)11-6-2-1-3-7-11/h1-10H. The first kappa shape index (κ1) is 12.1. The zero-order chi connectivity index (χ0) is 14.1. The van der Waals surface area contributed by atoms with E-state index in [1.807, 2.05) is 6.07 Å². The van der Waals surface area contributed by atoms with Gasteiger partial charge in [-0.2, -0.15) is 4.73 Å². The molecule has 1 aromatic heterocycles. The van der Waals surface area contributed by atoms with Gasteiger partial charge in [-0.25, -0.2) is 0 Å². The van der Waals surface area contributed by atoms with Crippen molar-refractivity contribution in [3.05, 3.63) is 76.0 Å². The van der Waals surface area contributed by atoms with Gasteiger partial charge >= 0.3 is 0 Å². The van der Waals surface area contributed by atoms with E-state index in [0.717, 1.165) is 4.73 Å². The first-order valence-electron chi connectivity index (χ1n) is 6.03. The Morgan fingerprint density at radius 3 is 2.30 bits per heavy atom. The normalized spacial score (nSPS) is 10.6. The summed E-state index contributed by atoms with van der Waals surface area (Å²) in [5.41, 5.74) is 1.15. The number of fused-ring (bicyclic) bond motifs is 1. The topological polar surface area (TPSA) is 70.1 Å². The molecule has 20 heavy (non-hydrogen) atoms. The quantitative estimate of drug-likeness (QED) is 0.310. The maximum absolute atomic E-state index is 12.4. The summed E-state index contributed by atoms with van der Waals surface area (Å²) in [6, 6.07) is 16.8. The fraction of sp³-hybridized carbons (Fsp3) is 0. The highest BCUT2D eigenvalue weighted by Crippen LogP contribution is 2.28. The van der Waals surface area contributed by atoms with Crippen molar-refractivity contribution in [1.82, 2.24) is 0 Å². The van der Waals surface area contributed by atoms with Crippen molar-refractivity contribution >= 4 is 16.6 Å². The van der Waals surface area contributed by atoms with Gasteiger partial charge in [0.15, 0.2) is 0 Å². The number of hydrogen-bond acceptors (Lipinski definition) is 3. The molecule has 5 nitrogen and oxygen atoms in total. The molecule has 1 heterocycles. The molecule has 2 aromatic carbocycles. The maximum atomic E-state index is 12.4. The smallest absolute Gasteiger partial charge is 0.290 e. The number of nitro groups is 1. The molecule has 0 radical (unpaired) electrons. The van der Waals surface area contributed by atoms with Crippen LogP contribution in [0.5, 0.6) is 0 Å². The third kappa shape index (κ3) is 1.85. The lowest BCUT2D eigenvalue weighted by Gasteiger charge is -2.08. The third-order valence-electron chi connectivity index (χ3n) is 3.16. The average Bonchev–Trinajstić information content (AvgIpc) is 2.48. The summed E-state index contributed by atoms with van der Waals surface area (Å²) >= 11 is 0. The first-order chi connectivity index (χ1) is 9.68. The van der Waals surface area contributed by atoms with E-state index in [0.29, 0.717) is 16.5 Å². The fourth-order valence-electron chi connectivity index (χ4n) is 2.22. The van der Waals surface area contributed by atoms with E-state index >= 15 is 0 Å². The van der Waals surface area contributed by atoms with Crippen molar-refractivity contribution in [2.24, 2.45) is 0 Å². The van der Waals surface area contributed by atoms with Gasteiger partial charge in [0.2, 0.25) is 11.2 Å². The Morgan fingerprint density at radius 2 is 1.60 bits per heavy atom. The number of benzene rings is 2. The monoisotopic (exact) mass is 266 g/mol. The molecule has 0 spiro atoms. The van der Waals surface area contributed by atoms with Crippen LogP contribution < -0.4 is 4.73 Å². The molecular formula is C15H10N2O3. The number of nitrogens with zero attached hydrogens (tertiary/aromatic N) is 2. The van der Waals surface area contributed by atoms with Crippen LogP contribution in [0.15, 0.2) is 60.7 Å². The van der Waals surface area contributed by atoms with Crippen molar-refractivity contribution in [2.45, 2.75) is 0 Å². The van der Waals surface area contributed by atoms with Crippen LogP contribution in [0.3, 0.4) is 0 Å². The second kappa shape index (κ2) is 4.62. The van der Waals surface area contributed by atoms with Crippen molar-refractivity contribution in [2.75, 3.05) is 0 Å². The van der Waals surface area contributed by atoms with E-state index in [9.17, 15) is 15.3 Å². The van der Waals surface area contributed by atoms with Crippen LogP contribution >= 0.6 is 0 Å². The summed E-state index contributed by atoms with van der Waals surface area (Å²) in [4.78, 5) is 10.7. The highest BCUT2D eigenvalue weighted by atomic mass is 16.6. The average molecular weight is 266 g/mol. The lowest BCUT2D eigenvalue weighted by atomic mass is 10.1. The molecule has 0 aliphatic rings. The third-order valence-corrected chi connectivity index (χ3v) is 3.16. The van der Waals surface area contributed by atoms with Crippen molar-refractivity contribution in [1.29, 1.82) is 0 Å². The van der Waals surface area contributed by atoms with E-state index in [-0.39, 0.29) is 11.4 Å². The van der Waals surface area contributed by atoms with Gasteiger partial charge in [-0.3, -0.25) is 10.1 Å². The fourth-order valence-corrected chi connectivity index (χ4v) is 2.22. The molecule has 0 saturated heterocycles. The molecule has 98 valence electrons. The first-order valence-corrected chi connectivity index (χ1v) is 6.03. The molecule has 3 rings (SSSR count). The predicted octanol–water partition coefficient (Wildman–Crippen LogP) is 3.05. The number of aromatic nitrogens is 1. The molecule has 0 aliphatic heterocycles. The molecule has 0 atom stereocenters. The summed E-state index contributed by atoms with van der Waals surface area (Å²) in [6.07, 6.45) is 0. The van der Waals surface area contributed by atoms with E-state index in [1.165, 1.54) is 6.07 Å². The predicted molar refractivity (Wildman–Crippen MR) is 75.0 cm³/mol. The van der Waals surface area contributed by atoms with Crippen molar-refractivity contribution < 1.29 is 9.65 Å². The van der Waals surface area contributed by atoms with Crippen LogP contribution in [0.1, 0.15) is 0 Å². The maximum Gasteiger partial charge on any atom is 0.290 e. The van der Waals surface area contributed by atoms with E-state index < -0.39 is 4.92 Å². The Hall–Kier alpha value is -2.95. The number of hydrogen-bond donors (Lipinski definition) is 0.